The molecule has 0 aliphatic carbocycles. The number of nitrogens with one attached hydrogen (secondary N) is 1. The highest BCUT2D eigenvalue weighted by molar-refractivity contribution is 7.89. The second-order valence-corrected chi connectivity index (χ2v) is 8.70. The molecule has 0 spiro atoms. The number of ether oxygens (including phenoxy) is 1. The molecule has 2 rings (SSSR count). The van der Waals surface area contributed by atoms with Gasteiger partial charge in [0.15, 0.2) is 0 Å². The summed E-state index contributed by atoms with van der Waals surface area (Å²) in [6, 6.07) is 11.4. The van der Waals surface area contributed by atoms with E-state index in [9.17, 15) is 8.42 Å². The van der Waals surface area contributed by atoms with E-state index in [1.165, 1.54) is 43.7 Å². The largest absolute Gasteiger partial charge is 0.493 e. The molecule has 0 heterocycles. The fourth-order valence-electron chi connectivity index (χ4n) is 2.47. The standard InChI is InChI=1S/C20H24Cl2N2O3S/c1-2-3-4-5-8-13-27-20-10-7-6-9-16(20)15-23-24-28(25,26)17-11-12-18(21)19(22)14-17/h6-7,9-12,14-15,24H,2-5,8,13H2,1H3/b23-15+. The molecule has 152 valence electrons. The van der Waals surface area contributed by atoms with Crippen LogP contribution in [0.15, 0.2) is 52.5 Å². The predicted molar refractivity (Wildman–Crippen MR) is 115 cm³/mol. The Hall–Kier alpha value is -1.76. The molecule has 0 aliphatic rings. The molecule has 2 aromatic carbocycles. The van der Waals surface area contributed by atoms with Crippen molar-refractivity contribution in [3.63, 3.8) is 0 Å². The monoisotopic (exact) mass is 442 g/mol. The minimum atomic E-state index is -3.84. The average Bonchev–Trinajstić information content (AvgIpc) is 2.67. The van der Waals surface area contributed by atoms with Gasteiger partial charge in [-0.05, 0) is 36.8 Å². The summed E-state index contributed by atoms with van der Waals surface area (Å²) in [5.41, 5.74) is 0.688. The fourth-order valence-corrected chi connectivity index (χ4v) is 3.65. The molecule has 0 aliphatic heterocycles. The maximum atomic E-state index is 12.3. The summed E-state index contributed by atoms with van der Waals surface area (Å²) >= 11 is 11.7. The van der Waals surface area contributed by atoms with Crippen LogP contribution < -0.4 is 9.57 Å². The van der Waals surface area contributed by atoms with E-state index in [4.69, 9.17) is 27.9 Å². The van der Waals surface area contributed by atoms with Crippen LogP contribution in [0.4, 0.5) is 0 Å². The molecule has 1 N–H and O–H groups in total. The first-order valence-electron chi connectivity index (χ1n) is 9.16. The van der Waals surface area contributed by atoms with Crippen molar-refractivity contribution in [2.45, 2.75) is 43.9 Å². The molecule has 5 nitrogen and oxygen atoms in total. The Bertz CT molecular complexity index is 902. The smallest absolute Gasteiger partial charge is 0.276 e. The highest BCUT2D eigenvalue weighted by Gasteiger charge is 2.14. The fraction of sp³-hybridized carbons (Fsp3) is 0.350. The van der Waals surface area contributed by atoms with Gasteiger partial charge in [0.05, 0.1) is 27.8 Å². The molecule has 0 saturated carbocycles. The second kappa shape index (κ2) is 11.3. The molecule has 0 atom stereocenters. The van der Waals surface area contributed by atoms with E-state index >= 15 is 0 Å². The summed E-state index contributed by atoms with van der Waals surface area (Å²) in [6.07, 6.45) is 7.18. The van der Waals surface area contributed by atoms with Crippen molar-refractivity contribution in [2.75, 3.05) is 6.61 Å². The topological polar surface area (TPSA) is 67.8 Å². The van der Waals surface area contributed by atoms with Gasteiger partial charge in [-0.25, -0.2) is 4.83 Å². The quantitative estimate of drug-likeness (QED) is 0.277. The Morgan fingerprint density at radius 3 is 2.54 bits per heavy atom. The summed E-state index contributed by atoms with van der Waals surface area (Å²) in [7, 11) is -3.84. The van der Waals surface area contributed by atoms with Crippen LogP contribution in [0.25, 0.3) is 0 Å². The Labute approximate surface area is 176 Å². The van der Waals surface area contributed by atoms with Crippen LogP contribution in [0.1, 0.15) is 44.6 Å². The van der Waals surface area contributed by atoms with Gasteiger partial charge in [-0.15, -0.1) is 0 Å². The van der Waals surface area contributed by atoms with Crippen LogP contribution in [0.5, 0.6) is 5.75 Å². The summed E-state index contributed by atoms with van der Waals surface area (Å²) in [6.45, 7) is 2.80. The van der Waals surface area contributed by atoms with Crippen molar-refractivity contribution < 1.29 is 13.2 Å². The van der Waals surface area contributed by atoms with Crippen molar-refractivity contribution in [2.24, 2.45) is 5.10 Å². The van der Waals surface area contributed by atoms with Crippen LogP contribution >= 0.6 is 23.2 Å². The highest BCUT2D eigenvalue weighted by Crippen LogP contribution is 2.24. The first-order chi connectivity index (χ1) is 13.4. The van der Waals surface area contributed by atoms with Crippen molar-refractivity contribution in [3.05, 3.63) is 58.1 Å². The lowest BCUT2D eigenvalue weighted by molar-refractivity contribution is 0.304. The first kappa shape index (κ1) is 22.5. The van der Waals surface area contributed by atoms with E-state index in [0.717, 1.165) is 12.8 Å². The lowest BCUT2D eigenvalue weighted by Gasteiger charge is -2.09. The van der Waals surface area contributed by atoms with Gasteiger partial charge in [0.1, 0.15) is 5.75 Å². The highest BCUT2D eigenvalue weighted by atomic mass is 35.5. The number of sulfonamides is 1. The van der Waals surface area contributed by atoms with Gasteiger partial charge >= 0.3 is 0 Å². The number of nitrogens with zero attached hydrogens (tertiary/aromatic N) is 1. The maximum Gasteiger partial charge on any atom is 0.276 e. The van der Waals surface area contributed by atoms with Crippen LogP contribution in [-0.2, 0) is 10.0 Å². The van der Waals surface area contributed by atoms with E-state index in [-0.39, 0.29) is 14.9 Å². The van der Waals surface area contributed by atoms with Gasteiger partial charge in [0, 0.05) is 5.56 Å². The number of hydrogen-bond donors (Lipinski definition) is 1. The summed E-state index contributed by atoms with van der Waals surface area (Å²) in [5, 5.41) is 4.29. The van der Waals surface area contributed by atoms with Crippen LogP contribution in [0.2, 0.25) is 10.0 Å². The summed E-state index contributed by atoms with van der Waals surface area (Å²) in [4.78, 5) is 2.15. The van der Waals surface area contributed by atoms with Crippen molar-refractivity contribution in [3.8, 4) is 5.75 Å². The first-order valence-corrected chi connectivity index (χ1v) is 11.4. The molecule has 0 fully saturated rings. The van der Waals surface area contributed by atoms with Crippen molar-refractivity contribution >= 4 is 39.4 Å². The number of halogens is 2. The van der Waals surface area contributed by atoms with Crippen LogP contribution in [0.3, 0.4) is 0 Å². The SMILES string of the molecule is CCCCCCCOc1ccccc1/C=N/NS(=O)(=O)c1ccc(Cl)c(Cl)c1. The van der Waals surface area contributed by atoms with E-state index in [1.807, 2.05) is 24.3 Å². The normalized spacial score (nSPS) is 11.7. The summed E-state index contributed by atoms with van der Waals surface area (Å²) in [5.74, 6) is 0.662. The van der Waals surface area contributed by atoms with Gasteiger partial charge in [0.25, 0.3) is 10.0 Å². The van der Waals surface area contributed by atoms with Gasteiger partial charge in [-0.1, -0.05) is 67.9 Å². The third-order valence-electron chi connectivity index (χ3n) is 4.00. The molecule has 0 aromatic heterocycles. The number of benzene rings is 2. The van der Waals surface area contributed by atoms with Crippen LogP contribution in [0, 0.1) is 0 Å². The van der Waals surface area contributed by atoms with E-state index < -0.39 is 10.0 Å². The number of para-hydroxylation sites is 1. The number of hydrogen-bond acceptors (Lipinski definition) is 4. The Morgan fingerprint density at radius 1 is 1.04 bits per heavy atom. The number of hydrazone groups is 1. The molecule has 2 aromatic rings. The molecule has 0 radical (unpaired) electrons. The minimum absolute atomic E-state index is 0.0179. The third kappa shape index (κ3) is 7.00. The Morgan fingerprint density at radius 2 is 1.79 bits per heavy atom. The molecular weight excluding hydrogens is 419 g/mol. The summed E-state index contributed by atoms with van der Waals surface area (Å²) < 4.78 is 30.4. The van der Waals surface area contributed by atoms with Crippen LogP contribution in [-0.4, -0.2) is 21.2 Å². The lowest BCUT2D eigenvalue weighted by atomic mass is 10.2. The van der Waals surface area contributed by atoms with Crippen molar-refractivity contribution in [1.29, 1.82) is 0 Å². The molecule has 0 amide bonds. The third-order valence-corrected chi connectivity index (χ3v) is 5.96. The van der Waals surface area contributed by atoms with Gasteiger partial charge in [0.2, 0.25) is 0 Å². The van der Waals surface area contributed by atoms with Crippen molar-refractivity contribution in [1.82, 2.24) is 4.83 Å². The van der Waals surface area contributed by atoms with Gasteiger partial charge in [-0.2, -0.15) is 13.5 Å². The number of rotatable bonds is 11. The maximum absolute atomic E-state index is 12.3. The van der Waals surface area contributed by atoms with Gasteiger partial charge in [-0.3, -0.25) is 0 Å². The predicted octanol–water partition coefficient (Wildman–Crippen LogP) is 5.66. The minimum Gasteiger partial charge on any atom is -0.493 e. The molecular formula is C20H24Cl2N2O3S. The molecule has 0 saturated heterocycles. The zero-order valence-corrected chi connectivity index (χ0v) is 18.0. The Balaban J connectivity index is 1.97. The van der Waals surface area contributed by atoms with E-state index in [1.54, 1.807) is 0 Å². The molecule has 0 unspecified atom stereocenters. The average molecular weight is 443 g/mol. The molecule has 0 bridgehead atoms. The second-order valence-electron chi connectivity index (χ2n) is 6.23. The van der Waals surface area contributed by atoms with Gasteiger partial charge < -0.3 is 4.74 Å². The molecule has 8 heteroatoms. The zero-order chi connectivity index (χ0) is 20.4. The Kier molecular flexibility index (Phi) is 9.09. The zero-order valence-electron chi connectivity index (χ0n) is 15.7. The lowest BCUT2D eigenvalue weighted by Crippen LogP contribution is -2.18. The molecule has 28 heavy (non-hydrogen) atoms. The number of unbranched alkanes of at least 4 members (excludes halogenated alkanes) is 4. The van der Waals surface area contributed by atoms with E-state index in [0.29, 0.717) is 17.9 Å². The van der Waals surface area contributed by atoms with E-state index in [2.05, 4.69) is 16.9 Å².